The van der Waals surface area contributed by atoms with E-state index < -0.39 is 0 Å². The highest BCUT2D eigenvalue weighted by atomic mass is 16.5. The molecular weight excluding hydrogens is 314 g/mol. The SMILES string of the molecule is COc1ccc2c(c1)CC(C(=O)N(C)CCCc1ccccc1)CO2. The predicted octanol–water partition coefficient (Wildman–Crippen LogP) is 3.34. The van der Waals surface area contributed by atoms with Gasteiger partial charge in [-0.05, 0) is 48.6 Å². The Hall–Kier alpha value is -2.49. The van der Waals surface area contributed by atoms with Crippen molar-refractivity contribution in [3.63, 3.8) is 0 Å². The number of rotatable bonds is 6. The van der Waals surface area contributed by atoms with Crippen LogP contribution in [0.3, 0.4) is 0 Å². The smallest absolute Gasteiger partial charge is 0.229 e. The molecule has 0 N–H and O–H groups in total. The number of methoxy groups -OCH3 is 1. The van der Waals surface area contributed by atoms with Crippen molar-refractivity contribution >= 4 is 5.91 Å². The first-order valence-corrected chi connectivity index (χ1v) is 8.76. The quantitative estimate of drug-likeness (QED) is 0.810. The summed E-state index contributed by atoms with van der Waals surface area (Å²) >= 11 is 0. The molecule has 1 aliphatic heterocycles. The van der Waals surface area contributed by atoms with Gasteiger partial charge in [0.25, 0.3) is 0 Å². The van der Waals surface area contributed by atoms with E-state index in [1.54, 1.807) is 7.11 Å². The highest BCUT2D eigenvalue weighted by Crippen LogP contribution is 2.31. The first-order valence-electron chi connectivity index (χ1n) is 8.76. The number of carbonyl (C=O) groups is 1. The van der Waals surface area contributed by atoms with Gasteiger partial charge in [-0.1, -0.05) is 30.3 Å². The Labute approximate surface area is 149 Å². The van der Waals surface area contributed by atoms with Crippen LogP contribution in [-0.4, -0.2) is 38.1 Å². The summed E-state index contributed by atoms with van der Waals surface area (Å²) in [4.78, 5) is 14.6. The van der Waals surface area contributed by atoms with Gasteiger partial charge in [-0.2, -0.15) is 0 Å². The largest absolute Gasteiger partial charge is 0.497 e. The zero-order valence-corrected chi connectivity index (χ0v) is 14.9. The summed E-state index contributed by atoms with van der Waals surface area (Å²) in [6.45, 7) is 1.20. The molecule has 1 heterocycles. The molecule has 132 valence electrons. The fraction of sp³-hybridized carbons (Fsp3) is 0.381. The molecule has 0 spiro atoms. The minimum atomic E-state index is -0.124. The summed E-state index contributed by atoms with van der Waals surface area (Å²) in [6.07, 6.45) is 2.65. The van der Waals surface area contributed by atoms with E-state index in [4.69, 9.17) is 9.47 Å². The fourth-order valence-electron chi connectivity index (χ4n) is 3.24. The van der Waals surface area contributed by atoms with E-state index in [1.807, 2.05) is 36.2 Å². The van der Waals surface area contributed by atoms with Gasteiger partial charge in [-0.3, -0.25) is 4.79 Å². The predicted molar refractivity (Wildman–Crippen MR) is 98.1 cm³/mol. The summed E-state index contributed by atoms with van der Waals surface area (Å²) in [5, 5.41) is 0. The first kappa shape index (κ1) is 17.3. The maximum atomic E-state index is 12.7. The van der Waals surface area contributed by atoms with Gasteiger partial charge >= 0.3 is 0 Å². The van der Waals surface area contributed by atoms with Crippen molar-refractivity contribution in [1.29, 1.82) is 0 Å². The molecule has 0 fully saturated rings. The molecule has 1 unspecified atom stereocenters. The summed E-state index contributed by atoms with van der Waals surface area (Å²) < 4.78 is 11.0. The van der Waals surface area contributed by atoms with Crippen molar-refractivity contribution in [2.24, 2.45) is 5.92 Å². The molecule has 1 atom stereocenters. The number of benzene rings is 2. The van der Waals surface area contributed by atoms with Gasteiger partial charge < -0.3 is 14.4 Å². The maximum Gasteiger partial charge on any atom is 0.229 e. The van der Waals surface area contributed by atoms with Gasteiger partial charge in [0, 0.05) is 13.6 Å². The van der Waals surface area contributed by atoms with Crippen LogP contribution in [-0.2, 0) is 17.6 Å². The average Bonchev–Trinajstić information content (AvgIpc) is 2.67. The van der Waals surface area contributed by atoms with E-state index in [0.29, 0.717) is 13.0 Å². The van der Waals surface area contributed by atoms with Crippen LogP contribution in [0, 0.1) is 5.92 Å². The second kappa shape index (κ2) is 8.06. The molecule has 2 aromatic rings. The third-order valence-corrected chi connectivity index (χ3v) is 4.70. The molecule has 3 rings (SSSR count). The summed E-state index contributed by atoms with van der Waals surface area (Å²) in [6, 6.07) is 16.1. The number of ether oxygens (including phenoxy) is 2. The average molecular weight is 339 g/mol. The van der Waals surface area contributed by atoms with Crippen LogP contribution in [0.2, 0.25) is 0 Å². The van der Waals surface area contributed by atoms with Crippen LogP contribution in [0.5, 0.6) is 11.5 Å². The highest BCUT2D eigenvalue weighted by molar-refractivity contribution is 5.79. The molecule has 2 aromatic carbocycles. The Balaban J connectivity index is 1.53. The van der Waals surface area contributed by atoms with Gasteiger partial charge in [-0.15, -0.1) is 0 Å². The van der Waals surface area contributed by atoms with Crippen LogP contribution < -0.4 is 9.47 Å². The van der Waals surface area contributed by atoms with Crippen molar-refractivity contribution < 1.29 is 14.3 Å². The van der Waals surface area contributed by atoms with E-state index in [1.165, 1.54) is 5.56 Å². The lowest BCUT2D eigenvalue weighted by Gasteiger charge is -2.28. The summed E-state index contributed by atoms with van der Waals surface area (Å²) in [7, 11) is 3.53. The maximum absolute atomic E-state index is 12.7. The van der Waals surface area contributed by atoms with Crippen LogP contribution in [0.4, 0.5) is 0 Å². The number of hydrogen-bond donors (Lipinski definition) is 0. The molecule has 0 bridgehead atoms. The Bertz CT molecular complexity index is 714. The normalized spacial score (nSPS) is 15.8. The minimum Gasteiger partial charge on any atom is -0.497 e. The Morgan fingerprint density at radius 2 is 2.04 bits per heavy atom. The second-order valence-electron chi connectivity index (χ2n) is 6.53. The Morgan fingerprint density at radius 1 is 1.24 bits per heavy atom. The number of amides is 1. The highest BCUT2D eigenvalue weighted by Gasteiger charge is 2.28. The van der Waals surface area contributed by atoms with E-state index in [-0.39, 0.29) is 11.8 Å². The van der Waals surface area contributed by atoms with E-state index >= 15 is 0 Å². The lowest BCUT2D eigenvalue weighted by atomic mass is 9.95. The number of carbonyl (C=O) groups excluding carboxylic acids is 1. The Kier molecular flexibility index (Phi) is 5.59. The van der Waals surface area contributed by atoms with Gasteiger partial charge in [0.1, 0.15) is 18.1 Å². The second-order valence-corrected chi connectivity index (χ2v) is 6.53. The summed E-state index contributed by atoms with van der Waals surface area (Å²) in [5.41, 5.74) is 2.35. The standard InChI is InChI=1S/C21H25NO3/c1-22(12-6-9-16-7-4-3-5-8-16)21(23)18-13-17-14-19(24-2)10-11-20(17)25-15-18/h3-5,7-8,10-11,14,18H,6,9,12-13,15H2,1-2H3. The van der Waals surface area contributed by atoms with Crippen molar-refractivity contribution in [3.8, 4) is 11.5 Å². The fourth-order valence-corrected chi connectivity index (χ4v) is 3.24. The molecule has 4 heteroatoms. The molecule has 25 heavy (non-hydrogen) atoms. The van der Waals surface area contributed by atoms with Crippen LogP contribution in [0.15, 0.2) is 48.5 Å². The van der Waals surface area contributed by atoms with Crippen molar-refractivity contribution in [2.45, 2.75) is 19.3 Å². The Morgan fingerprint density at radius 3 is 2.80 bits per heavy atom. The van der Waals surface area contributed by atoms with Crippen LogP contribution in [0.1, 0.15) is 17.5 Å². The molecule has 1 amide bonds. The third kappa shape index (κ3) is 4.32. The van der Waals surface area contributed by atoms with E-state index in [9.17, 15) is 4.79 Å². The monoisotopic (exact) mass is 339 g/mol. The number of aryl methyl sites for hydroxylation is 1. The molecule has 0 saturated carbocycles. The first-order chi connectivity index (χ1) is 12.2. The lowest BCUT2D eigenvalue weighted by molar-refractivity contribution is -0.135. The van der Waals surface area contributed by atoms with Crippen molar-refractivity contribution in [3.05, 3.63) is 59.7 Å². The minimum absolute atomic E-state index is 0.124. The number of hydrogen-bond acceptors (Lipinski definition) is 3. The van der Waals surface area contributed by atoms with Gasteiger partial charge in [0.2, 0.25) is 5.91 Å². The molecule has 0 aromatic heterocycles. The molecule has 0 saturated heterocycles. The zero-order valence-electron chi connectivity index (χ0n) is 14.9. The van der Waals surface area contributed by atoms with E-state index in [2.05, 4.69) is 24.3 Å². The zero-order chi connectivity index (χ0) is 17.6. The molecule has 4 nitrogen and oxygen atoms in total. The number of nitrogens with zero attached hydrogens (tertiary/aromatic N) is 1. The molecule has 0 aliphatic carbocycles. The molecule has 1 aliphatic rings. The summed E-state index contributed by atoms with van der Waals surface area (Å²) in [5.74, 6) is 1.69. The van der Waals surface area contributed by atoms with Gasteiger partial charge in [0.05, 0.1) is 13.0 Å². The van der Waals surface area contributed by atoms with Crippen LogP contribution >= 0.6 is 0 Å². The van der Waals surface area contributed by atoms with Gasteiger partial charge in [-0.25, -0.2) is 0 Å². The van der Waals surface area contributed by atoms with Crippen molar-refractivity contribution in [1.82, 2.24) is 4.90 Å². The molecule has 0 radical (unpaired) electrons. The third-order valence-electron chi connectivity index (χ3n) is 4.70. The van der Waals surface area contributed by atoms with Crippen molar-refractivity contribution in [2.75, 3.05) is 27.3 Å². The topological polar surface area (TPSA) is 38.8 Å². The lowest BCUT2D eigenvalue weighted by Crippen LogP contribution is -2.39. The molecular formula is C21H25NO3. The van der Waals surface area contributed by atoms with Gasteiger partial charge in [0.15, 0.2) is 0 Å². The number of fused-ring (bicyclic) bond motifs is 1. The van der Waals surface area contributed by atoms with Crippen LogP contribution in [0.25, 0.3) is 0 Å². The van der Waals surface area contributed by atoms with E-state index in [0.717, 1.165) is 36.4 Å².